The largest absolute Gasteiger partial charge is 0.493 e. The summed E-state index contributed by atoms with van der Waals surface area (Å²) in [5, 5.41) is 10.0. The van der Waals surface area contributed by atoms with Crippen LogP contribution in [0.5, 0.6) is 5.88 Å². The van der Waals surface area contributed by atoms with Crippen LogP contribution in [0.2, 0.25) is 0 Å². The van der Waals surface area contributed by atoms with Crippen LogP contribution < -0.4 is 0 Å². The van der Waals surface area contributed by atoms with E-state index in [1.54, 1.807) is 12.4 Å². The van der Waals surface area contributed by atoms with Crippen molar-refractivity contribution in [2.45, 2.75) is 17.8 Å². The molecule has 5 nitrogen and oxygen atoms in total. The molecule has 2 heterocycles. The van der Waals surface area contributed by atoms with Crippen molar-refractivity contribution in [1.29, 1.82) is 0 Å². The van der Waals surface area contributed by atoms with Crippen molar-refractivity contribution in [3.8, 4) is 5.88 Å². The first-order chi connectivity index (χ1) is 9.72. The first kappa shape index (κ1) is 12.8. The summed E-state index contributed by atoms with van der Waals surface area (Å²) in [6, 6.07) is 7.44. The third-order valence-electron chi connectivity index (χ3n) is 2.76. The highest BCUT2D eigenvalue weighted by Crippen LogP contribution is 2.24. The van der Waals surface area contributed by atoms with E-state index in [0.717, 1.165) is 22.3 Å². The van der Waals surface area contributed by atoms with Crippen molar-refractivity contribution in [2.24, 2.45) is 0 Å². The van der Waals surface area contributed by atoms with Crippen molar-refractivity contribution in [2.75, 3.05) is 0 Å². The maximum atomic E-state index is 9.48. The number of thioether (sulfide) groups is 1. The van der Waals surface area contributed by atoms with Gasteiger partial charge in [0, 0.05) is 29.9 Å². The van der Waals surface area contributed by atoms with Crippen molar-refractivity contribution < 1.29 is 5.11 Å². The van der Waals surface area contributed by atoms with Gasteiger partial charge in [0.05, 0.1) is 11.0 Å². The normalized spacial score (nSPS) is 10.8. The lowest BCUT2D eigenvalue weighted by Gasteiger charge is -2.05. The van der Waals surface area contributed by atoms with Gasteiger partial charge in [-0.3, -0.25) is 9.97 Å². The number of hydrogen-bond donors (Lipinski definition) is 1. The number of fused-ring (bicyclic) bond motifs is 1. The molecule has 0 aliphatic carbocycles. The van der Waals surface area contributed by atoms with Gasteiger partial charge in [0.1, 0.15) is 0 Å². The Kier molecular flexibility index (Phi) is 3.47. The summed E-state index contributed by atoms with van der Waals surface area (Å²) in [7, 11) is 0. The number of aromatic hydroxyl groups is 1. The smallest absolute Gasteiger partial charge is 0.215 e. The van der Waals surface area contributed by atoms with Crippen LogP contribution in [0.25, 0.3) is 11.0 Å². The minimum Gasteiger partial charge on any atom is -0.493 e. The van der Waals surface area contributed by atoms with Gasteiger partial charge in [-0.25, -0.2) is 4.98 Å². The SMILES string of the molecule is Cc1cc(O)nc(SCc2cccc3nccnc23)n1. The first-order valence-electron chi connectivity index (χ1n) is 6.08. The monoisotopic (exact) mass is 284 g/mol. The Morgan fingerprint density at radius 3 is 2.85 bits per heavy atom. The van der Waals surface area contributed by atoms with E-state index in [0.29, 0.717) is 10.9 Å². The molecule has 0 bridgehead atoms. The number of rotatable bonds is 3. The average molecular weight is 284 g/mol. The van der Waals surface area contributed by atoms with Gasteiger partial charge in [0.2, 0.25) is 5.88 Å². The third-order valence-corrected chi connectivity index (χ3v) is 3.66. The number of benzene rings is 1. The molecule has 3 aromatic rings. The third kappa shape index (κ3) is 2.70. The maximum absolute atomic E-state index is 9.48. The van der Waals surface area contributed by atoms with E-state index in [1.165, 1.54) is 17.8 Å². The van der Waals surface area contributed by atoms with Crippen molar-refractivity contribution in [3.05, 3.63) is 47.9 Å². The van der Waals surface area contributed by atoms with Gasteiger partial charge < -0.3 is 5.11 Å². The average Bonchev–Trinajstić information content (AvgIpc) is 2.44. The lowest BCUT2D eigenvalue weighted by molar-refractivity contribution is 0.444. The Balaban J connectivity index is 1.87. The summed E-state index contributed by atoms with van der Waals surface area (Å²) < 4.78 is 0. The fourth-order valence-corrected chi connectivity index (χ4v) is 2.79. The van der Waals surface area contributed by atoms with Crippen molar-refractivity contribution >= 4 is 22.8 Å². The molecule has 6 heteroatoms. The minimum atomic E-state index is -0.00212. The number of hydrogen-bond acceptors (Lipinski definition) is 6. The molecule has 0 radical (unpaired) electrons. The Morgan fingerprint density at radius 1 is 1.15 bits per heavy atom. The zero-order chi connectivity index (χ0) is 13.9. The highest BCUT2D eigenvalue weighted by molar-refractivity contribution is 7.98. The summed E-state index contributed by atoms with van der Waals surface area (Å²) in [5.74, 6) is 0.677. The molecule has 0 aliphatic rings. The van der Waals surface area contributed by atoms with Gasteiger partial charge in [-0.1, -0.05) is 23.9 Å². The van der Waals surface area contributed by atoms with E-state index < -0.39 is 0 Å². The fourth-order valence-electron chi connectivity index (χ4n) is 1.90. The molecular weight excluding hydrogens is 272 g/mol. The van der Waals surface area contributed by atoms with Gasteiger partial charge in [0.15, 0.2) is 5.16 Å². The van der Waals surface area contributed by atoms with E-state index >= 15 is 0 Å². The molecule has 20 heavy (non-hydrogen) atoms. The maximum Gasteiger partial charge on any atom is 0.215 e. The molecule has 0 saturated heterocycles. The van der Waals surface area contributed by atoms with E-state index in [1.807, 2.05) is 25.1 Å². The van der Waals surface area contributed by atoms with Crippen LogP contribution in [0.15, 0.2) is 41.8 Å². The lowest BCUT2D eigenvalue weighted by Crippen LogP contribution is -1.92. The summed E-state index contributed by atoms with van der Waals surface area (Å²) in [5.41, 5.74) is 3.58. The van der Waals surface area contributed by atoms with Crippen molar-refractivity contribution in [3.63, 3.8) is 0 Å². The predicted molar refractivity (Wildman–Crippen MR) is 77.5 cm³/mol. The highest BCUT2D eigenvalue weighted by Gasteiger charge is 2.06. The fraction of sp³-hybridized carbons (Fsp3) is 0.143. The van der Waals surface area contributed by atoms with Gasteiger partial charge in [-0.2, -0.15) is 4.98 Å². The second-order valence-electron chi connectivity index (χ2n) is 4.28. The summed E-state index contributed by atoms with van der Waals surface area (Å²) in [6.45, 7) is 1.83. The zero-order valence-electron chi connectivity index (χ0n) is 10.8. The number of aryl methyl sites for hydroxylation is 1. The molecule has 0 atom stereocenters. The Morgan fingerprint density at radius 2 is 2.00 bits per heavy atom. The number of aromatic nitrogens is 4. The topological polar surface area (TPSA) is 71.8 Å². The van der Waals surface area contributed by atoms with Crippen LogP contribution in [-0.4, -0.2) is 25.0 Å². The number of nitrogens with zero attached hydrogens (tertiary/aromatic N) is 4. The van der Waals surface area contributed by atoms with E-state index in [-0.39, 0.29) is 5.88 Å². The molecule has 0 saturated carbocycles. The van der Waals surface area contributed by atoms with Crippen LogP contribution in [-0.2, 0) is 5.75 Å². The minimum absolute atomic E-state index is 0.00212. The Labute approximate surface area is 120 Å². The Hall–Kier alpha value is -2.21. The molecule has 0 aliphatic heterocycles. The van der Waals surface area contributed by atoms with Crippen LogP contribution >= 0.6 is 11.8 Å². The lowest BCUT2D eigenvalue weighted by atomic mass is 10.2. The van der Waals surface area contributed by atoms with Gasteiger partial charge >= 0.3 is 0 Å². The highest BCUT2D eigenvalue weighted by atomic mass is 32.2. The standard InChI is InChI=1S/C14H12N4OS/c1-9-7-12(19)18-14(17-9)20-8-10-3-2-4-11-13(10)16-6-5-15-11/h2-7H,8H2,1H3,(H,17,18,19). The second-order valence-corrected chi connectivity index (χ2v) is 5.22. The van der Waals surface area contributed by atoms with Crippen LogP contribution in [0.1, 0.15) is 11.3 Å². The molecule has 100 valence electrons. The predicted octanol–water partition coefficient (Wildman–Crippen LogP) is 2.73. The molecular formula is C14H12N4OS. The summed E-state index contributed by atoms with van der Waals surface area (Å²) >= 11 is 1.47. The van der Waals surface area contributed by atoms with Gasteiger partial charge in [-0.15, -0.1) is 0 Å². The van der Waals surface area contributed by atoms with Gasteiger partial charge in [-0.05, 0) is 18.6 Å². The zero-order valence-corrected chi connectivity index (χ0v) is 11.6. The van der Waals surface area contributed by atoms with Gasteiger partial charge in [0.25, 0.3) is 0 Å². The summed E-state index contributed by atoms with van der Waals surface area (Å²) in [4.78, 5) is 16.9. The van der Waals surface area contributed by atoms with Crippen LogP contribution in [0.4, 0.5) is 0 Å². The molecule has 0 fully saturated rings. The molecule has 3 rings (SSSR count). The quantitative estimate of drug-likeness (QED) is 0.589. The molecule has 1 aromatic carbocycles. The summed E-state index contributed by atoms with van der Waals surface area (Å²) in [6.07, 6.45) is 3.37. The molecule has 2 aromatic heterocycles. The molecule has 0 spiro atoms. The van der Waals surface area contributed by atoms with Crippen LogP contribution in [0.3, 0.4) is 0 Å². The second kappa shape index (κ2) is 5.42. The molecule has 0 amide bonds. The number of para-hydroxylation sites is 1. The molecule has 1 N–H and O–H groups in total. The van der Waals surface area contributed by atoms with Crippen molar-refractivity contribution in [1.82, 2.24) is 19.9 Å². The van der Waals surface area contributed by atoms with E-state index in [4.69, 9.17) is 0 Å². The molecule has 0 unspecified atom stereocenters. The first-order valence-corrected chi connectivity index (χ1v) is 7.07. The van der Waals surface area contributed by atoms with Crippen LogP contribution in [0, 0.1) is 6.92 Å². The Bertz CT molecular complexity index is 738. The van der Waals surface area contributed by atoms with E-state index in [9.17, 15) is 5.11 Å². The van der Waals surface area contributed by atoms with E-state index in [2.05, 4.69) is 19.9 Å².